The van der Waals surface area contributed by atoms with Crippen molar-refractivity contribution in [3.05, 3.63) is 5.82 Å². The Morgan fingerprint density at radius 1 is 1.53 bits per heavy atom. The van der Waals surface area contributed by atoms with Gasteiger partial charge in [0.2, 0.25) is 0 Å². The average Bonchev–Trinajstić information content (AvgIpc) is 2.70. The van der Waals surface area contributed by atoms with E-state index in [0.29, 0.717) is 5.92 Å². The monoisotopic (exact) mass is 211 g/mol. The van der Waals surface area contributed by atoms with Crippen LogP contribution in [0, 0.1) is 5.92 Å². The summed E-state index contributed by atoms with van der Waals surface area (Å²) in [6.45, 7) is 6.28. The molecule has 1 aromatic heterocycles. The molecule has 0 aliphatic carbocycles. The van der Waals surface area contributed by atoms with Gasteiger partial charge >= 0.3 is 0 Å². The summed E-state index contributed by atoms with van der Waals surface area (Å²) in [7, 11) is 0. The van der Waals surface area contributed by atoms with E-state index in [4.69, 9.17) is 0 Å². The van der Waals surface area contributed by atoms with E-state index >= 15 is 0 Å². The zero-order chi connectivity index (χ0) is 11.3. The lowest BCUT2D eigenvalue weighted by atomic mass is 10.0. The maximum atomic E-state index is 11.5. The van der Waals surface area contributed by atoms with Gasteiger partial charge in [0.25, 0.3) is 11.7 Å². The zero-order valence-electron chi connectivity index (χ0n) is 9.32. The SMILES string of the molecule is CCC(C)CC(C)NC(=O)c1nn[nH]n1. The molecule has 1 amide bonds. The summed E-state index contributed by atoms with van der Waals surface area (Å²) >= 11 is 0. The number of H-pyrrole nitrogens is 1. The van der Waals surface area contributed by atoms with Crippen LogP contribution in [-0.2, 0) is 0 Å². The van der Waals surface area contributed by atoms with Gasteiger partial charge in [-0.2, -0.15) is 5.21 Å². The van der Waals surface area contributed by atoms with Gasteiger partial charge in [0.1, 0.15) is 0 Å². The number of hydrogen-bond acceptors (Lipinski definition) is 4. The Hall–Kier alpha value is -1.46. The van der Waals surface area contributed by atoms with Crippen molar-refractivity contribution in [3.63, 3.8) is 0 Å². The van der Waals surface area contributed by atoms with Crippen LogP contribution in [0.4, 0.5) is 0 Å². The Bertz CT molecular complexity index is 297. The van der Waals surface area contributed by atoms with Crippen LogP contribution in [0.15, 0.2) is 0 Å². The Morgan fingerprint density at radius 3 is 2.80 bits per heavy atom. The molecule has 0 radical (unpaired) electrons. The van der Waals surface area contributed by atoms with Crippen LogP contribution in [-0.4, -0.2) is 32.6 Å². The largest absolute Gasteiger partial charge is 0.347 e. The third-order valence-electron chi connectivity index (χ3n) is 2.38. The number of nitrogens with zero attached hydrogens (tertiary/aromatic N) is 3. The molecule has 1 rings (SSSR count). The highest BCUT2D eigenvalue weighted by Gasteiger charge is 2.14. The Kier molecular flexibility index (Phi) is 4.20. The molecule has 0 aliphatic heterocycles. The third kappa shape index (κ3) is 3.65. The fourth-order valence-corrected chi connectivity index (χ4v) is 1.38. The fourth-order valence-electron chi connectivity index (χ4n) is 1.38. The molecule has 2 atom stereocenters. The van der Waals surface area contributed by atoms with Crippen LogP contribution in [0.1, 0.15) is 44.2 Å². The van der Waals surface area contributed by atoms with Crippen LogP contribution in [0.25, 0.3) is 0 Å². The Labute approximate surface area is 88.8 Å². The first-order chi connectivity index (χ1) is 7.13. The van der Waals surface area contributed by atoms with Gasteiger partial charge in [0.15, 0.2) is 0 Å². The first-order valence-electron chi connectivity index (χ1n) is 5.17. The van der Waals surface area contributed by atoms with Crippen molar-refractivity contribution in [1.29, 1.82) is 0 Å². The number of aromatic nitrogens is 4. The van der Waals surface area contributed by atoms with Gasteiger partial charge in [-0.25, -0.2) is 0 Å². The van der Waals surface area contributed by atoms with Gasteiger partial charge in [-0.3, -0.25) is 4.79 Å². The van der Waals surface area contributed by atoms with E-state index in [9.17, 15) is 4.79 Å². The quantitative estimate of drug-likeness (QED) is 0.753. The third-order valence-corrected chi connectivity index (χ3v) is 2.38. The summed E-state index contributed by atoms with van der Waals surface area (Å²) < 4.78 is 0. The van der Waals surface area contributed by atoms with E-state index in [0.717, 1.165) is 12.8 Å². The summed E-state index contributed by atoms with van der Waals surface area (Å²) in [5, 5.41) is 15.6. The van der Waals surface area contributed by atoms with E-state index in [1.165, 1.54) is 0 Å². The zero-order valence-corrected chi connectivity index (χ0v) is 9.32. The number of rotatable bonds is 5. The maximum absolute atomic E-state index is 11.5. The predicted molar refractivity (Wildman–Crippen MR) is 55.2 cm³/mol. The summed E-state index contributed by atoms with van der Waals surface area (Å²) in [5.41, 5.74) is 0. The molecule has 1 heterocycles. The minimum atomic E-state index is -0.278. The molecule has 84 valence electrons. The van der Waals surface area contributed by atoms with Crippen LogP contribution in [0.2, 0.25) is 0 Å². The van der Waals surface area contributed by atoms with Crippen LogP contribution in [0.3, 0.4) is 0 Å². The van der Waals surface area contributed by atoms with Crippen molar-refractivity contribution in [3.8, 4) is 0 Å². The Morgan fingerprint density at radius 2 is 2.27 bits per heavy atom. The maximum Gasteiger partial charge on any atom is 0.293 e. The van der Waals surface area contributed by atoms with Gasteiger partial charge in [0.05, 0.1) is 0 Å². The number of carbonyl (C=O) groups is 1. The number of tetrazole rings is 1. The number of hydrogen-bond donors (Lipinski definition) is 2. The highest BCUT2D eigenvalue weighted by Crippen LogP contribution is 2.09. The number of nitrogens with one attached hydrogen (secondary N) is 2. The van der Waals surface area contributed by atoms with Crippen molar-refractivity contribution >= 4 is 5.91 Å². The molecule has 2 N–H and O–H groups in total. The molecule has 0 bridgehead atoms. The molecule has 0 saturated carbocycles. The minimum absolute atomic E-state index is 0.0889. The molecule has 6 heteroatoms. The summed E-state index contributed by atoms with van der Waals surface area (Å²) in [5.74, 6) is 0.413. The van der Waals surface area contributed by atoms with E-state index in [-0.39, 0.29) is 17.8 Å². The molecule has 0 spiro atoms. The van der Waals surface area contributed by atoms with E-state index in [2.05, 4.69) is 39.8 Å². The van der Waals surface area contributed by atoms with Crippen molar-refractivity contribution in [2.75, 3.05) is 0 Å². The smallest absolute Gasteiger partial charge is 0.293 e. The predicted octanol–water partition coefficient (Wildman–Crippen LogP) is 0.754. The average molecular weight is 211 g/mol. The second-order valence-electron chi connectivity index (χ2n) is 3.86. The second kappa shape index (κ2) is 5.43. The fraction of sp³-hybridized carbons (Fsp3) is 0.778. The van der Waals surface area contributed by atoms with E-state index in [1.807, 2.05) is 6.92 Å². The van der Waals surface area contributed by atoms with Gasteiger partial charge in [-0.05, 0) is 24.5 Å². The lowest BCUT2D eigenvalue weighted by molar-refractivity contribution is 0.0925. The molecular weight excluding hydrogens is 194 g/mol. The van der Waals surface area contributed by atoms with E-state index < -0.39 is 0 Å². The van der Waals surface area contributed by atoms with Crippen LogP contribution >= 0.6 is 0 Å². The molecule has 0 aromatic carbocycles. The summed E-state index contributed by atoms with van der Waals surface area (Å²) in [6, 6.07) is 0.131. The molecule has 0 fully saturated rings. The lowest BCUT2D eigenvalue weighted by Crippen LogP contribution is -2.34. The molecule has 6 nitrogen and oxygen atoms in total. The van der Waals surface area contributed by atoms with Gasteiger partial charge in [-0.15, -0.1) is 10.2 Å². The molecule has 0 aliphatic rings. The standard InChI is InChI=1S/C9H17N5O/c1-4-6(2)5-7(3)10-9(15)8-11-13-14-12-8/h6-7H,4-5H2,1-3H3,(H,10,15)(H,11,12,13,14). The van der Waals surface area contributed by atoms with Crippen LogP contribution < -0.4 is 5.32 Å². The van der Waals surface area contributed by atoms with E-state index in [1.54, 1.807) is 0 Å². The van der Waals surface area contributed by atoms with Crippen molar-refractivity contribution in [2.45, 2.75) is 39.7 Å². The lowest BCUT2D eigenvalue weighted by Gasteiger charge is -2.16. The highest BCUT2D eigenvalue weighted by molar-refractivity contribution is 5.90. The topological polar surface area (TPSA) is 83.6 Å². The number of carbonyl (C=O) groups excluding carboxylic acids is 1. The highest BCUT2D eigenvalue weighted by atomic mass is 16.2. The minimum Gasteiger partial charge on any atom is -0.347 e. The van der Waals surface area contributed by atoms with Crippen molar-refractivity contribution < 1.29 is 4.79 Å². The Balaban J connectivity index is 2.38. The summed E-state index contributed by atoms with van der Waals surface area (Å²) in [4.78, 5) is 11.5. The second-order valence-corrected chi connectivity index (χ2v) is 3.86. The number of amides is 1. The molecule has 1 aromatic rings. The molecule has 0 saturated heterocycles. The molecule has 2 unspecified atom stereocenters. The first kappa shape index (κ1) is 11.6. The molecule has 15 heavy (non-hydrogen) atoms. The first-order valence-corrected chi connectivity index (χ1v) is 5.17. The van der Waals surface area contributed by atoms with Crippen LogP contribution in [0.5, 0.6) is 0 Å². The summed E-state index contributed by atoms with van der Waals surface area (Å²) in [6.07, 6.45) is 2.07. The van der Waals surface area contributed by atoms with Crippen molar-refractivity contribution in [2.24, 2.45) is 5.92 Å². The number of aromatic amines is 1. The van der Waals surface area contributed by atoms with Crippen molar-refractivity contribution in [1.82, 2.24) is 25.9 Å². The normalized spacial score (nSPS) is 14.6. The van der Waals surface area contributed by atoms with Gasteiger partial charge in [0, 0.05) is 6.04 Å². The molecular formula is C9H17N5O. The van der Waals surface area contributed by atoms with Gasteiger partial charge in [-0.1, -0.05) is 20.3 Å². The van der Waals surface area contributed by atoms with Gasteiger partial charge < -0.3 is 5.32 Å².